The van der Waals surface area contributed by atoms with Gasteiger partial charge in [-0.2, -0.15) is 0 Å². The molecule has 0 aromatic carbocycles. The van der Waals surface area contributed by atoms with Crippen molar-refractivity contribution in [2.75, 3.05) is 0 Å². The summed E-state index contributed by atoms with van der Waals surface area (Å²) in [5, 5.41) is 10.7. The normalized spacial score (nSPS) is 12.5. The zero-order valence-electron chi connectivity index (χ0n) is 9.00. The molecule has 0 bridgehead atoms. The molecule has 0 spiro atoms. The van der Waals surface area contributed by atoms with E-state index >= 15 is 0 Å². The number of aromatic carboxylic acids is 1. The Morgan fingerprint density at radius 1 is 1.59 bits per heavy atom. The molecular formula is C11H10O4S2. The number of thiophene rings is 1. The lowest BCUT2D eigenvalue weighted by Crippen LogP contribution is -1.95. The zero-order chi connectivity index (χ0) is 12.4. The lowest BCUT2D eigenvalue weighted by Gasteiger charge is -1.95. The quantitative estimate of drug-likeness (QED) is 0.927. The minimum absolute atomic E-state index is 0.128. The molecule has 0 aliphatic heterocycles. The molecule has 4 nitrogen and oxygen atoms in total. The van der Waals surface area contributed by atoms with Gasteiger partial charge < -0.3 is 9.52 Å². The average molecular weight is 270 g/mol. The summed E-state index contributed by atoms with van der Waals surface area (Å²) in [5.41, 5.74) is 0.128. The van der Waals surface area contributed by atoms with Crippen molar-refractivity contribution in [2.45, 2.75) is 16.9 Å². The predicted octanol–water partition coefficient (Wildman–Crippen LogP) is 2.66. The Balaban J connectivity index is 2.17. The maximum atomic E-state index is 11.9. The van der Waals surface area contributed by atoms with Gasteiger partial charge in [0.25, 0.3) is 0 Å². The first-order chi connectivity index (χ1) is 8.08. The second kappa shape index (κ2) is 4.85. The molecule has 17 heavy (non-hydrogen) atoms. The molecule has 6 heteroatoms. The molecule has 0 aliphatic rings. The predicted molar refractivity (Wildman–Crippen MR) is 64.8 cm³/mol. The van der Waals surface area contributed by atoms with E-state index in [1.165, 1.54) is 17.4 Å². The van der Waals surface area contributed by atoms with Crippen molar-refractivity contribution in [1.82, 2.24) is 0 Å². The molecule has 2 aromatic rings. The molecule has 1 atom stereocenters. The molecule has 2 rings (SSSR count). The van der Waals surface area contributed by atoms with Gasteiger partial charge in [-0.15, -0.1) is 11.3 Å². The lowest BCUT2D eigenvalue weighted by atomic mass is 10.2. The number of carboxylic acids is 1. The van der Waals surface area contributed by atoms with Crippen molar-refractivity contribution >= 4 is 28.1 Å². The van der Waals surface area contributed by atoms with E-state index in [9.17, 15) is 9.00 Å². The first-order valence-corrected chi connectivity index (χ1v) is 7.02. The highest BCUT2D eigenvalue weighted by molar-refractivity contribution is 7.86. The molecule has 0 amide bonds. The smallest absolute Gasteiger partial charge is 0.339 e. The minimum atomic E-state index is -1.18. The van der Waals surface area contributed by atoms with E-state index in [-0.39, 0.29) is 11.3 Å². The van der Waals surface area contributed by atoms with Gasteiger partial charge in [0.1, 0.15) is 17.1 Å². The van der Waals surface area contributed by atoms with Crippen molar-refractivity contribution in [1.29, 1.82) is 0 Å². The van der Waals surface area contributed by atoms with Crippen molar-refractivity contribution < 1.29 is 18.5 Å². The van der Waals surface area contributed by atoms with Gasteiger partial charge in [0.05, 0.1) is 20.8 Å². The Bertz CT molecular complexity index is 554. The van der Waals surface area contributed by atoms with E-state index in [1.54, 1.807) is 13.0 Å². The molecule has 90 valence electrons. The van der Waals surface area contributed by atoms with Crippen LogP contribution in [0, 0.1) is 6.92 Å². The van der Waals surface area contributed by atoms with Crippen molar-refractivity contribution in [3.8, 4) is 0 Å². The van der Waals surface area contributed by atoms with E-state index in [2.05, 4.69) is 0 Å². The van der Waals surface area contributed by atoms with Gasteiger partial charge in [-0.3, -0.25) is 4.21 Å². The highest BCUT2D eigenvalue weighted by atomic mass is 32.2. The van der Waals surface area contributed by atoms with E-state index in [1.807, 2.05) is 11.4 Å². The number of furan rings is 1. The maximum absolute atomic E-state index is 11.9. The summed E-state index contributed by atoms with van der Waals surface area (Å²) < 4.78 is 17.9. The SMILES string of the molecule is Cc1oc(CS(=O)c2cccs2)cc1C(=O)O. The van der Waals surface area contributed by atoms with Crippen molar-refractivity contribution in [3.05, 3.63) is 40.7 Å². The summed E-state index contributed by atoms with van der Waals surface area (Å²) in [4.78, 5) is 10.8. The number of carbonyl (C=O) groups is 1. The van der Waals surface area contributed by atoms with Crippen LogP contribution in [0.1, 0.15) is 21.9 Å². The largest absolute Gasteiger partial charge is 0.478 e. The van der Waals surface area contributed by atoms with Gasteiger partial charge in [0, 0.05) is 0 Å². The second-order valence-electron chi connectivity index (χ2n) is 3.41. The zero-order valence-corrected chi connectivity index (χ0v) is 10.6. The second-order valence-corrected chi connectivity index (χ2v) is 6.04. The Morgan fingerprint density at radius 3 is 2.88 bits per heavy atom. The average Bonchev–Trinajstić information content (AvgIpc) is 2.86. The van der Waals surface area contributed by atoms with Gasteiger partial charge in [0.2, 0.25) is 0 Å². The maximum Gasteiger partial charge on any atom is 0.339 e. The van der Waals surface area contributed by atoms with Gasteiger partial charge in [-0.25, -0.2) is 4.79 Å². The molecule has 0 aliphatic carbocycles. The van der Waals surface area contributed by atoms with Crippen LogP contribution in [0.3, 0.4) is 0 Å². The fourth-order valence-corrected chi connectivity index (χ4v) is 3.41. The molecule has 2 aromatic heterocycles. The summed E-state index contributed by atoms with van der Waals surface area (Å²) >= 11 is 1.41. The molecule has 0 saturated heterocycles. The van der Waals surface area contributed by atoms with E-state index in [4.69, 9.17) is 9.52 Å². The number of aryl methyl sites for hydroxylation is 1. The van der Waals surface area contributed by atoms with Crippen LogP contribution in [-0.2, 0) is 16.6 Å². The van der Waals surface area contributed by atoms with Crippen LogP contribution < -0.4 is 0 Å². The van der Waals surface area contributed by atoms with Gasteiger partial charge in [-0.1, -0.05) is 6.07 Å². The van der Waals surface area contributed by atoms with Gasteiger partial charge >= 0.3 is 5.97 Å². The van der Waals surface area contributed by atoms with Crippen LogP contribution in [0.2, 0.25) is 0 Å². The standard InChI is InChI=1S/C11H10O4S2/c1-7-9(11(12)13)5-8(15-7)6-17(14)10-3-2-4-16-10/h2-5H,6H2,1H3,(H,12,13). The molecule has 0 fully saturated rings. The third-order valence-electron chi connectivity index (χ3n) is 2.19. The molecule has 0 radical (unpaired) electrons. The number of hydrogen-bond donors (Lipinski definition) is 1. The topological polar surface area (TPSA) is 67.5 Å². The Morgan fingerprint density at radius 2 is 2.35 bits per heavy atom. The Kier molecular flexibility index (Phi) is 3.44. The number of rotatable bonds is 4. The lowest BCUT2D eigenvalue weighted by molar-refractivity contribution is 0.0695. The first kappa shape index (κ1) is 12.1. The summed E-state index contributed by atoms with van der Waals surface area (Å²) in [6.07, 6.45) is 0. The van der Waals surface area contributed by atoms with Gasteiger partial charge in [0.15, 0.2) is 0 Å². The van der Waals surface area contributed by atoms with E-state index < -0.39 is 16.8 Å². The summed E-state index contributed by atoms with van der Waals surface area (Å²) in [7, 11) is -1.18. The molecular weight excluding hydrogens is 260 g/mol. The Labute approximate surface area is 104 Å². The molecule has 1 N–H and O–H groups in total. The summed E-state index contributed by atoms with van der Waals surface area (Å²) in [5.74, 6) is -0.0454. The van der Waals surface area contributed by atoms with Crippen LogP contribution in [0.4, 0.5) is 0 Å². The summed E-state index contributed by atoms with van der Waals surface area (Å²) in [6, 6.07) is 5.05. The fraction of sp³-hybridized carbons (Fsp3) is 0.182. The minimum Gasteiger partial charge on any atom is -0.478 e. The molecule has 1 unspecified atom stereocenters. The Hall–Kier alpha value is -1.40. The number of carboxylic acid groups (broad SMARTS) is 1. The third kappa shape index (κ3) is 2.65. The summed E-state index contributed by atoms with van der Waals surface area (Å²) in [6.45, 7) is 1.58. The van der Waals surface area contributed by atoms with Gasteiger partial charge in [-0.05, 0) is 24.4 Å². The van der Waals surface area contributed by atoms with Crippen LogP contribution >= 0.6 is 11.3 Å². The fourth-order valence-electron chi connectivity index (χ4n) is 1.42. The number of hydrogen-bond acceptors (Lipinski definition) is 4. The van der Waals surface area contributed by atoms with E-state index in [0.717, 1.165) is 4.21 Å². The van der Waals surface area contributed by atoms with Crippen LogP contribution in [-0.4, -0.2) is 15.3 Å². The van der Waals surface area contributed by atoms with Crippen molar-refractivity contribution in [2.24, 2.45) is 0 Å². The van der Waals surface area contributed by atoms with E-state index in [0.29, 0.717) is 11.5 Å². The molecule has 0 saturated carbocycles. The first-order valence-electron chi connectivity index (χ1n) is 4.82. The van der Waals surface area contributed by atoms with Crippen LogP contribution in [0.5, 0.6) is 0 Å². The van der Waals surface area contributed by atoms with Crippen LogP contribution in [0.15, 0.2) is 32.2 Å². The third-order valence-corrected chi connectivity index (χ3v) is 4.83. The monoisotopic (exact) mass is 270 g/mol. The van der Waals surface area contributed by atoms with Crippen molar-refractivity contribution in [3.63, 3.8) is 0 Å². The molecule has 2 heterocycles. The highest BCUT2D eigenvalue weighted by Crippen LogP contribution is 2.21. The highest BCUT2D eigenvalue weighted by Gasteiger charge is 2.16. The van der Waals surface area contributed by atoms with Crippen LogP contribution in [0.25, 0.3) is 0 Å².